The molecule has 0 spiro atoms. The molecule has 1 aliphatic rings. The summed E-state index contributed by atoms with van der Waals surface area (Å²) in [7, 11) is 0. The number of phenolic OH excluding ortho intramolecular Hbond substituents is 1. The number of aliphatic hydroxyl groups excluding tert-OH is 2. The lowest BCUT2D eigenvalue weighted by Crippen LogP contribution is -2.22. The number of benzene rings is 3. The van der Waals surface area contributed by atoms with Crippen LogP contribution in [0.4, 0.5) is 0 Å². The highest BCUT2D eigenvalue weighted by Crippen LogP contribution is 2.38. The SMILES string of the molecule is O=C1C(O)=C(O)C(=O)c2c1cc1cc3ccccc3cc1c2O. The van der Waals surface area contributed by atoms with E-state index in [4.69, 9.17) is 0 Å². The molecule has 0 saturated carbocycles. The zero-order valence-corrected chi connectivity index (χ0v) is 11.7. The third-order valence-electron chi connectivity index (χ3n) is 4.11. The van der Waals surface area contributed by atoms with E-state index in [2.05, 4.69) is 0 Å². The number of Topliss-reactive ketones (excluding diaryl/α,β-unsaturated/α-hetero) is 2. The topological polar surface area (TPSA) is 94.8 Å². The van der Waals surface area contributed by atoms with Crippen molar-refractivity contribution in [3.8, 4) is 5.75 Å². The predicted molar refractivity (Wildman–Crippen MR) is 84.1 cm³/mol. The maximum Gasteiger partial charge on any atom is 0.235 e. The van der Waals surface area contributed by atoms with Gasteiger partial charge in [0.05, 0.1) is 5.56 Å². The highest BCUT2D eigenvalue weighted by Gasteiger charge is 2.35. The van der Waals surface area contributed by atoms with Crippen molar-refractivity contribution in [1.29, 1.82) is 0 Å². The summed E-state index contributed by atoms with van der Waals surface area (Å²) in [5, 5.41) is 32.4. The molecule has 0 aromatic heterocycles. The number of phenols is 1. The first-order chi connectivity index (χ1) is 11.0. The number of carbonyl (C=O) groups is 2. The number of ketones is 2. The summed E-state index contributed by atoms with van der Waals surface area (Å²) in [6.07, 6.45) is 0. The smallest absolute Gasteiger partial charge is 0.235 e. The Morgan fingerprint density at radius 2 is 1.30 bits per heavy atom. The van der Waals surface area contributed by atoms with Crippen LogP contribution >= 0.6 is 0 Å². The minimum Gasteiger partial charge on any atom is -0.506 e. The fraction of sp³-hybridized carbons (Fsp3) is 0. The second-order valence-corrected chi connectivity index (χ2v) is 5.42. The molecule has 0 atom stereocenters. The number of fused-ring (bicyclic) bond motifs is 3. The summed E-state index contributed by atoms with van der Waals surface area (Å²) >= 11 is 0. The lowest BCUT2D eigenvalue weighted by Gasteiger charge is -2.17. The molecule has 0 fully saturated rings. The maximum atomic E-state index is 12.1. The standard InChI is InChI=1S/C18H10O5/c19-14-11-6-9-4-2-1-3-8(9)5-10(11)7-12-13(14)16(21)18(23)17(22)15(12)20/h1-7,19,22-23H. The van der Waals surface area contributed by atoms with Gasteiger partial charge >= 0.3 is 0 Å². The Labute approximate surface area is 129 Å². The third kappa shape index (κ3) is 1.67. The van der Waals surface area contributed by atoms with E-state index in [-0.39, 0.29) is 16.9 Å². The summed E-state index contributed by atoms with van der Waals surface area (Å²) in [4.78, 5) is 24.2. The molecular weight excluding hydrogens is 296 g/mol. The van der Waals surface area contributed by atoms with E-state index >= 15 is 0 Å². The number of hydrogen-bond acceptors (Lipinski definition) is 5. The Kier molecular flexibility index (Phi) is 2.51. The molecule has 5 heteroatoms. The van der Waals surface area contributed by atoms with Crippen LogP contribution in [0.5, 0.6) is 5.75 Å². The van der Waals surface area contributed by atoms with Crippen LogP contribution in [0, 0.1) is 0 Å². The molecule has 3 aromatic carbocycles. The Bertz CT molecular complexity index is 1080. The normalized spacial score (nSPS) is 14.6. The molecule has 0 bridgehead atoms. The molecule has 0 radical (unpaired) electrons. The largest absolute Gasteiger partial charge is 0.506 e. The van der Waals surface area contributed by atoms with Crippen molar-refractivity contribution in [2.75, 3.05) is 0 Å². The fourth-order valence-corrected chi connectivity index (χ4v) is 2.94. The third-order valence-corrected chi connectivity index (χ3v) is 4.11. The molecule has 112 valence electrons. The molecule has 4 rings (SSSR count). The van der Waals surface area contributed by atoms with Gasteiger partial charge in [-0.15, -0.1) is 0 Å². The number of carbonyl (C=O) groups excluding carboxylic acids is 2. The molecule has 3 N–H and O–H groups in total. The summed E-state index contributed by atoms with van der Waals surface area (Å²) < 4.78 is 0. The van der Waals surface area contributed by atoms with E-state index in [0.29, 0.717) is 10.8 Å². The summed E-state index contributed by atoms with van der Waals surface area (Å²) in [5.41, 5.74) is -0.404. The zero-order valence-electron chi connectivity index (χ0n) is 11.7. The van der Waals surface area contributed by atoms with Crippen LogP contribution in [-0.4, -0.2) is 26.9 Å². The fourth-order valence-electron chi connectivity index (χ4n) is 2.94. The van der Waals surface area contributed by atoms with Crippen LogP contribution in [0.25, 0.3) is 21.5 Å². The van der Waals surface area contributed by atoms with Crippen LogP contribution in [-0.2, 0) is 0 Å². The molecule has 23 heavy (non-hydrogen) atoms. The molecule has 0 saturated heterocycles. The van der Waals surface area contributed by atoms with E-state index in [9.17, 15) is 24.9 Å². The average molecular weight is 306 g/mol. The van der Waals surface area contributed by atoms with Gasteiger partial charge in [0.15, 0.2) is 0 Å². The van der Waals surface area contributed by atoms with E-state index < -0.39 is 23.1 Å². The molecule has 3 aromatic rings. The minimum atomic E-state index is -1.04. The number of allylic oxidation sites excluding steroid dienone is 2. The summed E-state index contributed by atoms with van der Waals surface area (Å²) in [5.74, 6) is -4.27. The molecule has 1 aliphatic carbocycles. The lowest BCUT2D eigenvalue weighted by atomic mass is 9.88. The van der Waals surface area contributed by atoms with Crippen molar-refractivity contribution in [3.05, 3.63) is 65.1 Å². The number of aliphatic hydroxyl groups is 2. The Morgan fingerprint density at radius 1 is 0.696 bits per heavy atom. The van der Waals surface area contributed by atoms with Gasteiger partial charge in [0.25, 0.3) is 0 Å². The second kappa shape index (κ2) is 4.33. The molecule has 5 nitrogen and oxygen atoms in total. The summed E-state index contributed by atoms with van der Waals surface area (Å²) in [6, 6.07) is 12.4. The monoisotopic (exact) mass is 306 g/mol. The van der Waals surface area contributed by atoms with E-state index in [0.717, 1.165) is 10.8 Å². The van der Waals surface area contributed by atoms with Crippen molar-refractivity contribution in [1.82, 2.24) is 0 Å². The second-order valence-electron chi connectivity index (χ2n) is 5.42. The van der Waals surface area contributed by atoms with Gasteiger partial charge in [0.2, 0.25) is 23.1 Å². The van der Waals surface area contributed by atoms with Gasteiger partial charge in [0.1, 0.15) is 5.75 Å². The van der Waals surface area contributed by atoms with Crippen molar-refractivity contribution in [3.63, 3.8) is 0 Å². The van der Waals surface area contributed by atoms with Crippen molar-refractivity contribution < 1.29 is 24.9 Å². The van der Waals surface area contributed by atoms with Crippen molar-refractivity contribution >= 4 is 33.1 Å². The van der Waals surface area contributed by atoms with E-state index in [1.54, 1.807) is 12.1 Å². The quantitative estimate of drug-likeness (QED) is 0.553. The molecule has 0 heterocycles. The minimum absolute atomic E-state index is 0.120. The Balaban J connectivity index is 2.15. The van der Waals surface area contributed by atoms with Gasteiger partial charge in [-0.1, -0.05) is 24.3 Å². The van der Waals surface area contributed by atoms with Crippen LogP contribution in [0.15, 0.2) is 54.0 Å². The highest BCUT2D eigenvalue weighted by molar-refractivity contribution is 6.28. The predicted octanol–water partition coefficient (Wildman–Crippen LogP) is 3.41. The van der Waals surface area contributed by atoms with Crippen LogP contribution < -0.4 is 0 Å². The maximum absolute atomic E-state index is 12.1. The Hall–Kier alpha value is -3.34. The first-order valence-electron chi connectivity index (χ1n) is 6.89. The zero-order chi connectivity index (χ0) is 16.3. The average Bonchev–Trinajstić information content (AvgIpc) is 2.56. The van der Waals surface area contributed by atoms with Crippen LogP contribution in [0.3, 0.4) is 0 Å². The van der Waals surface area contributed by atoms with Gasteiger partial charge in [-0.25, -0.2) is 0 Å². The molecule has 0 unspecified atom stereocenters. The van der Waals surface area contributed by atoms with Gasteiger partial charge in [-0.05, 0) is 34.4 Å². The first kappa shape index (κ1) is 13.3. The number of hydrogen-bond donors (Lipinski definition) is 3. The number of aromatic hydroxyl groups is 1. The van der Waals surface area contributed by atoms with Crippen molar-refractivity contribution in [2.24, 2.45) is 0 Å². The number of rotatable bonds is 0. The van der Waals surface area contributed by atoms with Gasteiger partial charge in [-0.2, -0.15) is 0 Å². The summed E-state index contributed by atoms with van der Waals surface area (Å²) in [6.45, 7) is 0. The van der Waals surface area contributed by atoms with Gasteiger partial charge in [0, 0.05) is 10.9 Å². The Morgan fingerprint density at radius 3 is 2.00 bits per heavy atom. The van der Waals surface area contributed by atoms with Crippen molar-refractivity contribution in [2.45, 2.75) is 0 Å². The van der Waals surface area contributed by atoms with Crippen LogP contribution in [0.1, 0.15) is 20.7 Å². The van der Waals surface area contributed by atoms with E-state index in [1.165, 1.54) is 6.07 Å². The van der Waals surface area contributed by atoms with E-state index in [1.807, 2.05) is 24.3 Å². The van der Waals surface area contributed by atoms with Gasteiger partial charge < -0.3 is 15.3 Å². The first-order valence-corrected chi connectivity index (χ1v) is 6.89. The highest BCUT2D eigenvalue weighted by atomic mass is 16.3. The lowest BCUT2D eigenvalue weighted by molar-refractivity contribution is 0.0879. The van der Waals surface area contributed by atoms with Gasteiger partial charge in [-0.3, -0.25) is 9.59 Å². The molecule has 0 amide bonds. The molecular formula is C18H10O5. The van der Waals surface area contributed by atoms with Crippen LogP contribution in [0.2, 0.25) is 0 Å². The molecule has 0 aliphatic heterocycles.